The van der Waals surface area contributed by atoms with Gasteiger partial charge in [0.2, 0.25) is 0 Å². The molecule has 2 aliphatic heterocycles. The number of hydrogen-bond donors (Lipinski definition) is 0. The van der Waals surface area contributed by atoms with Crippen LogP contribution >= 0.6 is 0 Å². The molecule has 0 unspecified atom stereocenters. The Morgan fingerprint density at radius 2 is 1.15 bits per heavy atom. The maximum atomic E-state index is 11.2. The summed E-state index contributed by atoms with van der Waals surface area (Å²) in [5.41, 5.74) is 2.99. The summed E-state index contributed by atoms with van der Waals surface area (Å²) >= 11 is 0. The SMILES string of the molecule is C1=NC2=CC=NC2=C1.O=C1C=CC(=O)c2ccccc21. The summed E-state index contributed by atoms with van der Waals surface area (Å²) in [5.74, 6) is -0.185. The van der Waals surface area contributed by atoms with Gasteiger partial charge in [-0.05, 0) is 24.3 Å². The van der Waals surface area contributed by atoms with Crippen LogP contribution in [0.4, 0.5) is 0 Å². The minimum atomic E-state index is -0.0924. The fourth-order valence-electron chi connectivity index (χ4n) is 2.01. The van der Waals surface area contributed by atoms with Crippen LogP contribution in [0.1, 0.15) is 20.7 Å². The Balaban J connectivity index is 0.000000131. The molecule has 3 aliphatic rings. The monoisotopic (exact) mass is 262 g/mol. The van der Waals surface area contributed by atoms with E-state index in [1.165, 1.54) is 12.2 Å². The van der Waals surface area contributed by atoms with Gasteiger partial charge in [0.05, 0.1) is 11.4 Å². The molecule has 0 amide bonds. The van der Waals surface area contributed by atoms with Crippen LogP contribution in [0.15, 0.2) is 69.9 Å². The summed E-state index contributed by atoms with van der Waals surface area (Å²) in [6.07, 6.45) is 9.94. The second kappa shape index (κ2) is 5.01. The standard InChI is InChI=1S/C10H6O2.C6H4N2/c11-9-5-6-10(12)8-4-2-1-3-7(8)9;1-3-7-6-2-4-8-5(1)6/h1-6H;1-4H. The molecular formula is C16H10N2O2. The first-order chi connectivity index (χ1) is 9.75. The molecule has 0 saturated heterocycles. The third-order valence-corrected chi connectivity index (χ3v) is 3.00. The van der Waals surface area contributed by atoms with Gasteiger partial charge < -0.3 is 0 Å². The van der Waals surface area contributed by atoms with Crippen LogP contribution in [0.25, 0.3) is 0 Å². The van der Waals surface area contributed by atoms with Crippen LogP contribution in [0.2, 0.25) is 0 Å². The largest absolute Gasteiger partial charge is 0.289 e. The molecule has 0 N–H and O–H groups in total. The van der Waals surface area contributed by atoms with E-state index < -0.39 is 0 Å². The van der Waals surface area contributed by atoms with Crippen molar-refractivity contribution in [3.8, 4) is 0 Å². The van der Waals surface area contributed by atoms with E-state index in [-0.39, 0.29) is 11.6 Å². The number of fused-ring (bicyclic) bond motifs is 2. The van der Waals surface area contributed by atoms with Gasteiger partial charge in [-0.3, -0.25) is 19.6 Å². The third kappa shape index (κ3) is 2.19. The summed E-state index contributed by atoms with van der Waals surface area (Å²) in [4.78, 5) is 30.4. The van der Waals surface area contributed by atoms with Gasteiger partial charge in [0.15, 0.2) is 11.6 Å². The first-order valence-corrected chi connectivity index (χ1v) is 6.10. The van der Waals surface area contributed by atoms with E-state index >= 15 is 0 Å². The number of benzene rings is 1. The number of carbonyl (C=O) groups excluding carboxylic acids is 2. The maximum Gasteiger partial charge on any atom is 0.186 e. The van der Waals surface area contributed by atoms with Gasteiger partial charge in [-0.25, -0.2) is 0 Å². The average Bonchev–Trinajstić information content (AvgIpc) is 3.08. The van der Waals surface area contributed by atoms with E-state index in [4.69, 9.17) is 0 Å². The third-order valence-electron chi connectivity index (χ3n) is 3.00. The zero-order valence-corrected chi connectivity index (χ0v) is 10.5. The van der Waals surface area contributed by atoms with Crippen molar-refractivity contribution in [2.24, 2.45) is 9.98 Å². The molecule has 0 saturated carbocycles. The summed E-state index contributed by atoms with van der Waals surface area (Å²) in [5, 5.41) is 0. The van der Waals surface area contributed by atoms with Crippen LogP contribution in [0.3, 0.4) is 0 Å². The number of hydrogen-bond acceptors (Lipinski definition) is 4. The molecule has 2 heterocycles. The van der Waals surface area contributed by atoms with Crippen LogP contribution in [-0.2, 0) is 0 Å². The Morgan fingerprint density at radius 3 is 1.60 bits per heavy atom. The number of allylic oxidation sites excluding steroid dienone is 4. The lowest BCUT2D eigenvalue weighted by Crippen LogP contribution is -2.10. The van der Waals surface area contributed by atoms with Gasteiger partial charge in [0, 0.05) is 23.6 Å². The topological polar surface area (TPSA) is 58.9 Å². The minimum Gasteiger partial charge on any atom is -0.289 e. The summed E-state index contributed by atoms with van der Waals surface area (Å²) in [7, 11) is 0. The van der Waals surface area contributed by atoms with Gasteiger partial charge >= 0.3 is 0 Å². The summed E-state index contributed by atoms with van der Waals surface area (Å²) in [6.45, 7) is 0. The van der Waals surface area contributed by atoms with E-state index in [9.17, 15) is 9.59 Å². The molecule has 1 aliphatic carbocycles. The van der Waals surface area contributed by atoms with Crippen molar-refractivity contribution >= 4 is 24.0 Å². The molecule has 1 aromatic carbocycles. The van der Waals surface area contributed by atoms with Gasteiger partial charge in [0.25, 0.3) is 0 Å². The Bertz CT molecular complexity index is 686. The van der Waals surface area contributed by atoms with Crippen molar-refractivity contribution in [2.45, 2.75) is 0 Å². The molecule has 0 aromatic heterocycles. The number of ketones is 2. The fourth-order valence-corrected chi connectivity index (χ4v) is 2.01. The van der Waals surface area contributed by atoms with Crippen molar-refractivity contribution in [3.63, 3.8) is 0 Å². The van der Waals surface area contributed by atoms with Crippen LogP contribution in [-0.4, -0.2) is 24.0 Å². The predicted molar refractivity (Wildman–Crippen MR) is 77.4 cm³/mol. The molecule has 0 fully saturated rings. The highest BCUT2D eigenvalue weighted by molar-refractivity contribution is 6.21. The van der Waals surface area contributed by atoms with E-state index in [2.05, 4.69) is 9.98 Å². The van der Waals surface area contributed by atoms with Crippen molar-refractivity contribution in [1.82, 2.24) is 0 Å². The van der Waals surface area contributed by atoms with E-state index in [0.717, 1.165) is 11.4 Å². The fraction of sp³-hybridized carbons (Fsp3) is 0. The molecule has 0 radical (unpaired) electrons. The van der Waals surface area contributed by atoms with Crippen LogP contribution in [0, 0.1) is 0 Å². The van der Waals surface area contributed by atoms with Crippen LogP contribution in [0.5, 0.6) is 0 Å². The van der Waals surface area contributed by atoms with E-state index in [1.54, 1.807) is 36.7 Å². The molecule has 4 rings (SSSR count). The van der Waals surface area contributed by atoms with Crippen molar-refractivity contribution < 1.29 is 9.59 Å². The minimum absolute atomic E-state index is 0.0924. The molecule has 0 atom stereocenters. The summed E-state index contributed by atoms with van der Waals surface area (Å²) in [6, 6.07) is 6.84. The predicted octanol–water partition coefficient (Wildman–Crippen LogP) is 2.54. The molecule has 20 heavy (non-hydrogen) atoms. The smallest absolute Gasteiger partial charge is 0.186 e. The Hall–Kier alpha value is -2.88. The number of rotatable bonds is 0. The Morgan fingerprint density at radius 1 is 0.700 bits per heavy atom. The van der Waals surface area contributed by atoms with Crippen molar-refractivity contribution in [2.75, 3.05) is 0 Å². The lowest BCUT2D eigenvalue weighted by molar-refractivity contribution is 0.0994. The normalized spacial score (nSPS) is 17.2. The van der Waals surface area contributed by atoms with E-state index in [1.807, 2.05) is 12.2 Å². The maximum absolute atomic E-state index is 11.2. The number of nitrogens with zero attached hydrogens (tertiary/aromatic N) is 2. The highest BCUT2D eigenvalue weighted by atomic mass is 16.1. The molecule has 96 valence electrons. The highest BCUT2D eigenvalue weighted by Gasteiger charge is 2.16. The van der Waals surface area contributed by atoms with Gasteiger partial charge in [0.1, 0.15) is 0 Å². The lowest BCUT2D eigenvalue weighted by Gasteiger charge is -2.06. The second-order valence-corrected chi connectivity index (χ2v) is 4.27. The first-order valence-electron chi connectivity index (χ1n) is 6.10. The molecule has 4 heteroatoms. The first kappa shape index (κ1) is 12.2. The van der Waals surface area contributed by atoms with Crippen molar-refractivity contribution in [3.05, 3.63) is 71.1 Å². The highest BCUT2D eigenvalue weighted by Crippen LogP contribution is 2.19. The molecule has 0 bridgehead atoms. The van der Waals surface area contributed by atoms with Gasteiger partial charge in [-0.15, -0.1) is 0 Å². The molecule has 0 spiro atoms. The van der Waals surface area contributed by atoms with Gasteiger partial charge in [-0.2, -0.15) is 0 Å². The summed E-state index contributed by atoms with van der Waals surface area (Å²) < 4.78 is 0. The van der Waals surface area contributed by atoms with Crippen molar-refractivity contribution in [1.29, 1.82) is 0 Å². The van der Waals surface area contributed by atoms with E-state index in [0.29, 0.717) is 11.1 Å². The Labute approximate surface area is 115 Å². The van der Waals surface area contributed by atoms with Crippen LogP contribution < -0.4 is 0 Å². The zero-order valence-electron chi connectivity index (χ0n) is 10.5. The molecule has 1 aromatic rings. The number of carbonyl (C=O) groups is 2. The number of aliphatic imine (C=N–C) groups is 2. The average molecular weight is 262 g/mol. The quantitative estimate of drug-likeness (QED) is 0.721. The van der Waals surface area contributed by atoms with Gasteiger partial charge in [-0.1, -0.05) is 24.3 Å². The Kier molecular flexibility index (Phi) is 3.05. The molecule has 4 nitrogen and oxygen atoms in total. The zero-order chi connectivity index (χ0) is 13.9. The second-order valence-electron chi connectivity index (χ2n) is 4.27. The lowest BCUT2D eigenvalue weighted by atomic mass is 9.95. The molecular weight excluding hydrogens is 252 g/mol.